The number of thiophene rings is 1. The highest BCUT2D eigenvalue weighted by Gasteiger charge is 2.32. The van der Waals surface area contributed by atoms with E-state index in [9.17, 15) is 4.79 Å². The zero-order chi connectivity index (χ0) is 18.8. The number of hydrogen-bond acceptors (Lipinski definition) is 5. The molecule has 0 radical (unpaired) electrons. The molecule has 0 aromatic carbocycles. The molecule has 0 saturated heterocycles. The average Bonchev–Trinajstić information content (AvgIpc) is 3.25. The monoisotopic (exact) mass is 379 g/mol. The molecule has 4 aromatic heterocycles. The van der Waals surface area contributed by atoms with E-state index in [4.69, 9.17) is 0 Å². The normalized spacial score (nSPS) is 17.5. The van der Waals surface area contributed by atoms with E-state index >= 15 is 0 Å². The smallest absolute Gasteiger partial charge is 0.268 e. The van der Waals surface area contributed by atoms with Gasteiger partial charge in [0.05, 0.1) is 17.3 Å². The molecule has 138 valence electrons. The molecule has 0 amide bonds. The van der Waals surface area contributed by atoms with Crippen LogP contribution in [0.15, 0.2) is 35.6 Å². The molecule has 4 heterocycles. The molecule has 7 heteroatoms. The number of aryl methyl sites for hydroxylation is 1. The Morgan fingerprint density at radius 3 is 2.89 bits per heavy atom. The second-order valence-corrected chi connectivity index (χ2v) is 9.43. The molecule has 6 nitrogen and oxygen atoms in total. The predicted octanol–water partition coefficient (Wildman–Crippen LogP) is 3.64. The van der Waals surface area contributed by atoms with Crippen LogP contribution in [0.4, 0.5) is 0 Å². The van der Waals surface area contributed by atoms with Crippen molar-refractivity contribution in [1.29, 1.82) is 0 Å². The van der Waals surface area contributed by atoms with Gasteiger partial charge in [-0.3, -0.25) is 14.2 Å². The van der Waals surface area contributed by atoms with Gasteiger partial charge in [-0.15, -0.1) is 21.5 Å². The van der Waals surface area contributed by atoms with Gasteiger partial charge in [-0.25, -0.2) is 4.57 Å². The van der Waals surface area contributed by atoms with Gasteiger partial charge in [0.15, 0.2) is 0 Å². The van der Waals surface area contributed by atoms with Crippen LogP contribution in [0.2, 0.25) is 0 Å². The first-order valence-corrected chi connectivity index (χ1v) is 10.1. The van der Waals surface area contributed by atoms with Crippen LogP contribution in [0.1, 0.15) is 37.6 Å². The molecular formula is C20H21N5OS. The molecule has 1 atom stereocenters. The van der Waals surface area contributed by atoms with Gasteiger partial charge in [0.1, 0.15) is 11.2 Å². The maximum absolute atomic E-state index is 13.5. The number of hydrogen-bond donors (Lipinski definition) is 0. The van der Waals surface area contributed by atoms with Crippen LogP contribution in [-0.2, 0) is 12.8 Å². The van der Waals surface area contributed by atoms with Crippen LogP contribution in [0, 0.1) is 11.3 Å². The highest BCUT2D eigenvalue weighted by atomic mass is 32.1. The zero-order valence-corrected chi connectivity index (χ0v) is 16.5. The van der Waals surface area contributed by atoms with E-state index < -0.39 is 0 Å². The van der Waals surface area contributed by atoms with E-state index in [0.29, 0.717) is 17.4 Å². The molecule has 0 fully saturated rings. The Balaban J connectivity index is 1.82. The molecule has 0 spiro atoms. The molecule has 1 unspecified atom stereocenters. The minimum absolute atomic E-state index is 0.0230. The Kier molecular flexibility index (Phi) is 3.53. The lowest BCUT2D eigenvalue weighted by molar-refractivity contribution is 0.218. The summed E-state index contributed by atoms with van der Waals surface area (Å²) in [7, 11) is 0. The van der Waals surface area contributed by atoms with Crippen molar-refractivity contribution < 1.29 is 0 Å². The van der Waals surface area contributed by atoms with Crippen molar-refractivity contribution in [3.05, 3.63) is 51.6 Å². The maximum atomic E-state index is 13.5. The fourth-order valence-electron chi connectivity index (χ4n) is 4.15. The largest absolute Gasteiger partial charge is 0.268 e. The van der Waals surface area contributed by atoms with Gasteiger partial charge >= 0.3 is 0 Å². The third-order valence-corrected chi connectivity index (χ3v) is 6.99. The van der Waals surface area contributed by atoms with Crippen LogP contribution < -0.4 is 5.56 Å². The first kappa shape index (κ1) is 16.6. The van der Waals surface area contributed by atoms with Crippen molar-refractivity contribution in [3.8, 4) is 5.69 Å². The van der Waals surface area contributed by atoms with Gasteiger partial charge in [-0.1, -0.05) is 20.8 Å². The third-order valence-electron chi connectivity index (χ3n) is 5.74. The van der Waals surface area contributed by atoms with Crippen LogP contribution in [0.25, 0.3) is 21.7 Å². The summed E-state index contributed by atoms with van der Waals surface area (Å²) in [5, 5.41) is 9.12. The van der Waals surface area contributed by atoms with Gasteiger partial charge in [-0.05, 0) is 48.3 Å². The number of pyridine rings is 1. The Hall–Kier alpha value is -2.54. The Morgan fingerprint density at radius 1 is 1.30 bits per heavy atom. The van der Waals surface area contributed by atoms with Gasteiger partial charge in [0.2, 0.25) is 5.78 Å². The Morgan fingerprint density at radius 2 is 2.15 bits per heavy atom. The molecule has 4 aromatic rings. The van der Waals surface area contributed by atoms with Crippen molar-refractivity contribution in [3.63, 3.8) is 0 Å². The van der Waals surface area contributed by atoms with Crippen LogP contribution in [0.3, 0.4) is 0 Å². The molecule has 0 N–H and O–H groups in total. The van der Waals surface area contributed by atoms with E-state index in [2.05, 4.69) is 36.0 Å². The second-order valence-electron chi connectivity index (χ2n) is 8.34. The lowest BCUT2D eigenvalue weighted by Gasteiger charge is -2.33. The number of aromatic nitrogens is 5. The van der Waals surface area contributed by atoms with E-state index in [1.54, 1.807) is 34.6 Å². The summed E-state index contributed by atoms with van der Waals surface area (Å²) in [4.78, 5) is 20.0. The first-order valence-electron chi connectivity index (χ1n) is 9.24. The summed E-state index contributed by atoms with van der Waals surface area (Å²) in [6.07, 6.45) is 8.20. The lowest BCUT2D eigenvalue weighted by Crippen LogP contribution is -2.27. The molecule has 1 aliphatic carbocycles. The highest BCUT2D eigenvalue weighted by molar-refractivity contribution is 7.18. The van der Waals surface area contributed by atoms with E-state index in [-0.39, 0.29) is 11.0 Å². The molecular weight excluding hydrogens is 358 g/mol. The van der Waals surface area contributed by atoms with Gasteiger partial charge in [0.25, 0.3) is 5.56 Å². The summed E-state index contributed by atoms with van der Waals surface area (Å²) >= 11 is 1.73. The molecule has 27 heavy (non-hydrogen) atoms. The second kappa shape index (κ2) is 5.73. The van der Waals surface area contributed by atoms with Crippen molar-refractivity contribution in [1.82, 2.24) is 24.1 Å². The van der Waals surface area contributed by atoms with Crippen molar-refractivity contribution in [2.24, 2.45) is 11.3 Å². The number of rotatable bonds is 1. The van der Waals surface area contributed by atoms with Crippen molar-refractivity contribution in [2.75, 3.05) is 0 Å². The summed E-state index contributed by atoms with van der Waals surface area (Å²) in [6, 6.07) is 3.71. The summed E-state index contributed by atoms with van der Waals surface area (Å²) in [6.45, 7) is 6.93. The highest BCUT2D eigenvalue weighted by Crippen LogP contribution is 2.42. The average molecular weight is 379 g/mol. The van der Waals surface area contributed by atoms with Crippen LogP contribution in [-0.4, -0.2) is 24.1 Å². The molecule has 1 aliphatic rings. The standard InChI is InChI=1S/C20H21N5OS/c1-20(2,3)12-6-7-14-15(9-12)27-18-16(14)17(26)25(13-5-4-8-21-10-13)19-23-22-11-24(18)19/h4-5,8,10-12H,6-7,9H2,1-3H3. The predicted molar refractivity (Wildman–Crippen MR) is 107 cm³/mol. The van der Waals surface area contributed by atoms with Crippen LogP contribution in [0.5, 0.6) is 0 Å². The molecule has 0 bridgehead atoms. The quantitative estimate of drug-likeness (QED) is 0.506. The number of fused-ring (bicyclic) bond motifs is 5. The fourth-order valence-corrected chi connectivity index (χ4v) is 5.53. The molecule has 0 saturated carbocycles. The van der Waals surface area contributed by atoms with E-state index in [1.807, 2.05) is 16.5 Å². The van der Waals surface area contributed by atoms with Gasteiger partial charge in [0, 0.05) is 11.1 Å². The van der Waals surface area contributed by atoms with Crippen molar-refractivity contribution in [2.45, 2.75) is 40.0 Å². The van der Waals surface area contributed by atoms with Crippen molar-refractivity contribution >= 4 is 27.3 Å². The molecule has 0 aliphatic heterocycles. The Labute approximate surface area is 160 Å². The van der Waals surface area contributed by atoms with E-state index in [0.717, 1.165) is 29.5 Å². The third kappa shape index (κ3) is 2.45. The van der Waals surface area contributed by atoms with Gasteiger partial charge < -0.3 is 0 Å². The van der Waals surface area contributed by atoms with E-state index in [1.165, 1.54) is 10.4 Å². The van der Waals surface area contributed by atoms with Crippen LogP contribution >= 0.6 is 11.3 Å². The lowest BCUT2D eigenvalue weighted by atomic mass is 9.72. The fraction of sp³-hybridized carbons (Fsp3) is 0.400. The maximum Gasteiger partial charge on any atom is 0.268 e. The topological polar surface area (TPSA) is 65.1 Å². The molecule has 5 rings (SSSR count). The summed E-state index contributed by atoms with van der Waals surface area (Å²) in [5.74, 6) is 1.17. The Bertz CT molecular complexity index is 1210. The minimum Gasteiger partial charge on any atom is -0.268 e. The zero-order valence-electron chi connectivity index (χ0n) is 15.6. The minimum atomic E-state index is -0.0230. The first-order chi connectivity index (χ1) is 12.9. The number of nitrogens with zero attached hydrogens (tertiary/aromatic N) is 5. The SMILES string of the molecule is CC(C)(C)C1CCc2c(sc3c2c(=O)n(-c2cccnc2)c2nncn32)C1. The van der Waals surface area contributed by atoms with Gasteiger partial charge in [-0.2, -0.15) is 0 Å². The summed E-state index contributed by atoms with van der Waals surface area (Å²) in [5.41, 5.74) is 2.18. The summed E-state index contributed by atoms with van der Waals surface area (Å²) < 4.78 is 3.57.